The van der Waals surface area contributed by atoms with E-state index >= 15 is 0 Å². The van der Waals surface area contributed by atoms with E-state index in [9.17, 15) is 4.79 Å². The minimum atomic E-state index is -0.429. The standard InChI is InChI=1S/C25H20N4OS/c1-17-16-22(29(28-17)25-26-20-14-8-9-15-21(20)31-25)27-24(30)23(18-10-4-2-5-11-18)19-12-6-3-7-13-19/h2-16,23H,1H3,(H,27,30). The summed E-state index contributed by atoms with van der Waals surface area (Å²) in [4.78, 5) is 18.2. The highest BCUT2D eigenvalue weighted by Gasteiger charge is 2.24. The SMILES string of the molecule is Cc1cc(NC(=O)C(c2ccccc2)c2ccccc2)n(-c2nc3ccccc3s2)n1. The number of fused-ring (bicyclic) bond motifs is 1. The smallest absolute Gasteiger partial charge is 0.237 e. The lowest BCUT2D eigenvalue weighted by atomic mass is 9.90. The first kappa shape index (κ1) is 19.2. The molecule has 0 fully saturated rings. The Labute approximate surface area is 184 Å². The molecule has 6 heteroatoms. The Morgan fingerprint density at radius 2 is 1.52 bits per heavy atom. The van der Waals surface area contributed by atoms with Crippen molar-refractivity contribution in [1.82, 2.24) is 14.8 Å². The Balaban J connectivity index is 1.52. The summed E-state index contributed by atoms with van der Waals surface area (Å²) in [6, 6.07) is 29.5. The molecule has 0 saturated carbocycles. The number of thiazole rings is 1. The van der Waals surface area contributed by atoms with Gasteiger partial charge in [0.25, 0.3) is 0 Å². The fourth-order valence-electron chi connectivity index (χ4n) is 3.67. The molecule has 31 heavy (non-hydrogen) atoms. The number of amides is 1. The topological polar surface area (TPSA) is 59.8 Å². The predicted molar refractivity (Wildman–Crippen MR) is 125 cm³/mol. The van der Waals surface area contributed by atoms with Crippen LogP contribution in [0.2, 0.25) is 0 Å². The molecule has 152 valence electrons. The summed E-state index contributed by atoms with van der Waals surface area (Å²) in [5.41, 5.74) is 3.60. The number of hydrogen-bond donors (Lipinski definition) is 1. The molecule has 0 atom stereocenters. The molecule has 1 N–H and O–H groups in total. The molecule has 2 aromatic heterocycles. The number of anilines is 1. The van der Waals surface area contributed by atoms with E-state index in [-0.39, 0.29) is 5.91 Å². The molecule has 0 bridgehead atoms. The van der Waals surface area contributed by atoms with Crippen LogP contribution in [0.3, 0.4) is 0 Å². The molecule has 0 spiro atoms. The number of benzene rings is 3. The van der Waals surface area contributed by atoms with Gasteiger partial charge in [0.05, 0.1) is 21.8 Å². The number of carbonyl (C=O) groups is 1. The molecular weight excluding hydrogens is 404 g/mol. The largest absolute Gasteiger partial charge is 0.310 e. The van der Waals surface area contributed by atoms with Gasteiger partial charge in [-0.3, -0.25) is 4.79 Å². The number of carbonyl (C=O) groups excluding carboxylic acids is 1. The summed E-state index contributed by atoms with van der Waals surface area (Å²) in [7, 11) is 0. The zero-order chi connectivity index (χ0) is 21.2. The number of rotatable bonds is 5. The van der Waals surface area contributed by atoms with Gasteiger partial charge in [-0.15, -0.1) is 0 Å². The quantitative estimate of drug-likeness (QED) is 0.402. The Bertz CT molecular complexity index is 1270. The van der Waals surface area contributed by atoms with Crippen LogP contribution in [-0.2, 0) is 4.79 Å². The average molecular weight is 425 g/mol. The molecule has 0 radical (unpaired) electrons. The zero-order valence-electron chi connectivity index (χ0n) is 16.9. The van der Waals surface area contributed by atoms with Crippen molar-refractivity contribution in [2.75, 3.05) is 5.32 Å². The molecule has 0 saturated heterocycles. The molecule has 1 amide bonds. The van der Waals surface area contributed by atoms with Crippen LogP contribution < -0.4 is 5.32 Å². The van der Waals surface area contributed by atoms with Gasteiger partial charge in [-0.25, -0.2) is 4.98 Å². The third-order valence-corrected chi connectivity index (χ3v) is 6.09. The number of nitrogens with one attached hydrogen (secondary N) is 1. The molecule has 0 aliphatic carbocycles. The fraction of sp³-hybridized carbons (Fsp3) is 0.0800. The molecule has 3 aromatic carbocycles. The monoisotopic (exact) mass is 424 g/mol. The van der Waals surface area contributed by atoms with Gasteiger partial charge in [0.15, 0.2) is 0 Å². The third kappa shape index (κ3) is 3.85. The van der Waals surface area contributed by atoms with Crippen LogP contribution in [0.15, 0.2) is 91.0 Å². The van der Waals surface area contributed by atoms with E-state index < -0.39 is 5.92 Å². The lowest BCUT2D eigenvalue weighted by molar-refractivity contribution is -0.116. The van der Waals surface area contributed by atoms with E-state index in [1.54, 1.807) is 16.0 Å². The highest BCUT2D eigenvalue weighted by molar-refractivity contribution is 7.20. The van der Waals surface area contributed by atoms with E-state index in [0.717, 1.165) is 32.2 Å². The van der Waals surface area contributed by atoms with E-state index in [4.69, 9.17) is 4.98 Å². The molecule has 0 aliphatic heterocycles. The highest BCUT2D eigenvalue weighted by Crippen LogP contribution is 2.29. The lowest BCUT2D eigenvalue weighted by Crippen LogP contribution is -2.23. The first-order valence-electron chi connectivity index (χ1n) is 10.0. The Morgan fingerprint density at radius 1 is 0.903 bits per heavy atom. The molecular formula is C25H20N4OS. The second-order valence-electron chi connectivity index (χ2n) is 7.29. The van der Waals surface area contributed by atoms with Gasteiger partial charge in [-0.05, 0) is 30.2 Å². The maximum Gasteiger partial charge on any atom is 0.237 e. The summed E-state index contributed by atoms with van der Waals surface area (Å²) in [5, 5.41) is 8.41. The van der Waals surface area contributed by atoms with Crippen LogP contribution in [0.1, 0.15) is 22.7 Å². The van der Waals surface area contributed by atoms with Crippen molar-refractivity contribution in [3.8, 4) is 5.13 Å². The number of nitrogens with zero attached hydrogens (tertiary/aromatic N) is 3. The van der Waals surface area contributed by atoms with Crippen LogP contribution in [0, 0.1) is 6.92 Å². The Hall–Kier alpha value is -3.77. The van der Waals surface area contributed by atoms with Gasteiger partial charge in [0.1, 0.15) is 5.82 Å². The minimum absolute atomic E-state index is 0.111. The first-order chi connectivity index (χ1) is 15.2. The third-order valence-electron chi connectivity index (χ3n) is 5.07. The average Bonchev–Trinajstić information content (AvgIpc) is 3.38. The van der Waals surface area contributed by atoms with Crippen molar-refractivity contribution < 1.29 is 4.79 Å². The van der Waals surface area contributed by atoms with Crippen molar-refractivity contribution in [1.29, 1.82) is 0 Å². The van der Waals surface area contributed by atoms with Crippen LogP contribution in [0.4, 0.5) is 5.82 Å². The van der Waals surface area contributed by atoms with E-state index in [1.165, 1.54) is 0 Å². The van der Waals surface area contributed by atoms with Gasteiger partial charge in [-0.1, -0.05) is 84.1 Å². The molecule has 5 rings (SSSR count). The van der Waals surface area contributed by atoms with E-state index in [2.05, 4.69) is 10.4 Å². The summed E-state index contributed by atoms with van der Waals surface area (Å²) >= 11 is 1.54. The zero-order valence-corrected chi connectivity index (χ0v) is 17.7. The van der Waals surface area contributed by atoms with Crippen molar-refractivity contribution >= 4 is 33.3 Å². The second kappa shape index (κ2) is 8.16. The normalized spacial score (nSPS) is 11.2. The predicted octanol–water partition coefficient (Wildman–Crippen LogP) is 5.56. The van der Waals surface area contributed by atoms with Crippen LogP contribution in [-0.4, -0.2) is 20.7 Å². The Kier molecular flexibility index (Phi) is 5.06. The van der Waals surface area contributed by atoms with Gasteiger partial charge < -0.3 is 5.32 Å². The van der Waals surface area contributed by atoms with Crippen molar-refractivity contribution in [2.24, 2.45) is 0 Å². The molecule has 2 heterocycles. The summed E-state index contributed by atoms with van der Waals surface area (Å²) < 4.78 is 2.79. The van der Waals surface area contributed by atoms with Gasteiger partial charge in [-0.2, -0.15) is 9.78 Å². The number of aryl methyl sites for hydroxylation is 1. The molecule has 0 unspecified atom stereocenters. The first-order valence-corrected chi connectivity index (χ1v) is 10.8. The second-order valence-corrected chi connectivity index (χ2v) is 8.30. The number of aromatic nitrogens is 3. The van der Waals surface area contributed by atoms with Crippen LogP contribution in [0.25, 0.3) is 15.3 Å². The summed E-state index contributed by atoms with van der Waals surface area (Å²) in [6.07, 6.45) is 0. The van der Waals surface area contributed by atoms with E-state index in [0.29, 0.717) is 5.82 Å². The highest BCUT2D eigenvalue weighted by atomic mass is 32.1. The van der Waals surface area contributed by atoms with Gasteiger partial charge in [0, 0.05) is 6.07 Å². The van der Waals surface area contributed by atoms with Crippen molar-refractivity contribution in [2.45, 2.75) is 12.8 Å². The minimum Gasteiger partial charge on any atom is -0.310 e. The number of hydrogen-bond acceptors (Lipinski definition) is 4. The van der Waals surface area contributed by atoms with Gasteiger partial charge in [0.2, 0.25) is 11.0 Å². The van der Waals surface area contributed by atoms with Crippen molar-refractivity contribution in [3.63, 3.8) is 0 Å². The molecule has 0 aliphatic rings. The van der Waals surface area contributed by atoms with Gasteiger partial charge >= 0.3 is 0 Å². The fourth-order valence-corrected chi connectivity index (χ4v) is 4.60. The van der Waals surface area contributed by atoms with Crippen molar-refractivity contribution in [3.05, 3.63) is 108 Å². The molecule has 5 nitrogen and oxygen atoms in total. The van der Waals surface area contributed by atoms with Crippen LogP contribution >= 0.6 is 11.3 Å². The maximum absolute atomic E-state index is 13.5. The van der Waals surface area contributed by atoms with E-state index in [1.807, 2.05) is 97.9 Å². The molecule has 5 aromatic rings. The maximum atomic E-state index is 13.5. The van der Waals surface area contributed by atoms with Crippen LogP contribution in [0.5, 0.6) is 0 Å². The summed E-state index contributed by atoms with van der Waals surface area (Å²) in [5.74, 6) is 0.0690. The Morgan fingerprint density at radius 3 is 2.16 bits per heavy atom. The lowest BCUT2D eigenvalue weighted by Gasteiger charge is -2.18. The number of para-hydroxylation sites is 1. The summed E-state index contributed by atoms with van der Waals surface area (Å²) in [6.45, 7) is 1.91.